The van der Waals surface area contributed by atoms with Crippen molar-refractivity contribution in [1.82, 2.24) is 14.2 Å². The molecule has 1 N–H and O–H groups in total. The maximum atomic E-state index is 12.8. The first kappa shape index (κ1) is 20.4. The number of nitrogens with one attached hydrogen (secondary N) is 1. The fourth-order valence-electron chi connectivity index (χ4n) is 4.75. The van der Waals surface area contributed by atoms with Crippen molar-refractivity contribution in [2.75, 3.05) is 13.1 Å². The summed E-state index contributed by atoms with van der Waals surface area (Å²) in [5.41, 5.74) is 0.880. The van der Waals surface area contributed by atoms with E-state index in [-0.39, 0.29) is 18.5 Å². The molecule has 1 saturated heterocycles. The topological polar surface area (TPSA) is 71.4 Å². The van der Waals surface area contributed by atoms with Crippen LogP contribution in [0.3, 0.4) is 0 Å². The Hall–Kier alpha value is -1.86. The predicted molar refractivity (Wildman–Crippen MR) is 114 cm³/mol. The summed E-state index contributed by atoms with van der Waals surface area (Å²) in [4.78, 5) is 13.0. The first-order chi connectivity index (χ1) is 13.9. The van der Waals surface area contributed by atoms with Crippen LogP contribution in [-0.4, -0.2) is 42.3 Å². The van der Waals surface area contributed by atoms with Crippen LogP contribution in [-0.2, 0) is 21.4 Å². The Labute approximate surface area is 173 Å². The van der Waals surface area contributed by atoms with Crippen LogP contribution in [0.1, 0.15) is 46.0 Å². The van der Waals surface area contributed by atoms with E-state index in [1.54, 1.807) is 16.4 Å². The molecule has 29 heavy (non-hydrogen) atoms. The Morgan fingerprint density at radius 1 is 1.10 bits per heavy atom. The summed E-state index contributed by atoms with van der Waals surface area (Å²) in [5.74, 6) is 1.15. The maximum Gasteiger partial charge on any atom is 0.243 e. The Morgan fingerprint density at radius 2 is 1.86 bits per heavy atom. The van der Waals surface area contributed by atoms with E-state index >= 15 is 0 Å². The molecular formula is C22H31N3O3S. The van der Waals surface area contributed by atoms with Gasteiger partial charge >= 0.3 is 0 Å². The van der Waals surface area contributed by atoms with E-state index in [4.69, 9.17) is 0 Å². The predicted octanol–water partition coefficient (Wildman–Crippen LogP) is 3.37. The lowest BCUT2D eigenvalue weighted by Crippen LogP contribution is -2.44. The van der Waals surface area contributed by atoms with Gasteiger partial charge in [0, 0.05) is 36.2 Å². The summed E-state index contributed by atoms with van der Waals surface area (Å²) in [5, 5.41) is 4.06. The molecule has 2 aromatic rings. The van der Waals surface area contributed by atoms with Crippen LogP contribution in [0.15, 0.2) is 35.4 Å². The second-order valence-corrected chi connectivity index (χ2v) is 10.7. The van der Waals surface area contributed by atoms with Gasteiger partial charge in [-0.15, -0.1) is 0 Å². The summed E-state index contributed by atoms with van der Waals surface area (Å²) in [7, 11) is -3.43. The summed E-state index contributed by atoms with van der Waals surface area (Å²) >= 11 is 0. The third kappa shape index (κ3) is 4.08. The van der Waals surface area contributed by atoms with Crippen LogP contribution in [0.4, 0.5) is 0 Å². The van der Waals surface area contributed by atoms with Crippen LogP contribution in [0.5, 0.6) is 0 Å². The number of carbonyl (C=O) groups excluding carboxylic acids is 1. The first-order valence-corrected chi connectivity index (χ1v) is 12.2. The summed E-state index contributed by atoms with van der Waals surface area (Å²) in [6.45, 7) is 5.93. The number of fused-ring (bicyclic) bond motifs is 1. The molecule has 1 amide bonds. The van der Waals surface area contributed by atoms with Gasteiger partial charge in [0.1, 0.15) is 6.54 Å². The van der Waals surface area contributed by atoms with Crippen molar-refractivity contribution in [3.05, 3.63) is 30.5 Å². The molecule has 0 bridgehead atoms. The highest BCUT2D eigenvalue weighted by atomic mass is 32.2. The number of sulfonamides is 1. The minimum absolute atomic E-state index is 0.0159. The highest BCUT2D eigenvalue weighted by molar-refractivity contribution is 7.89. The van der Waals surface area contributed by atoms with Gasteiger partial charge in [-0.3, -0.25) is 4.79 Å². The van der Waals surface area contributed by atoms with Crippen molar-refractivity contribution in [2.24, 2.45) is 11.8 Å². The van der Waals surface area contributed by atoms with Crippen molar-refractivity contribution < 1.29 is 13.2 Å². The van der Waals surface area contributed by atoms with Crippen molar-refractivity contribution >= 4 is 26.8 Å². The quantitative estimate of drug-likeness (QED) is 0.811. The zero-order chi connectivity index (χ0) is 20.6. The van der Waals surface area contributed by atoms with Crippen molar-refractivity contribution in [3.63, 3.8) is 0 Å². The van der Waals surface area contributed by atoms with E-state index in [9.17, 15) is 13.2 Å². The molecule has 0 spiro atoms. The highest BCUT2D eigenvalue weighted by Crippen LogP contribution is 2.29. The zero-order valence-corrected chi connectivity index (χ0v) is 18.1. The van der Waals surface area contributed by atoms with Crippen LogP contribution < -0.4 is 5.32 Å². The second-order valence-electron chi connectivity index (χ2n) is 8.72. The second kappa shape index (κ2) is 8.11. The van der Waals surface area contributed by atoms with Crippen LogP contribution in [0.25, 0.3) is 10.9 Å². The molecule has 158 valence electrons. The SMILES string of the molecule is C[C@@H]1[C@H](C)CCC[C@H]1NC(=O)Cn1ccc2cc(S(=O)(=O)N3CCCC3)ccc21. The fraction of sp³-hybridized carbons (Fsp3) is 0.591. The van der Waals surface area contributed by atoms with Gasteiger partial charge in [-0.25, -0.2) is 8.42 Å². The molecule has 3 atom stereocenters. The smallest absolute Gasteiger partial charge is 0.243 e. The van der Waals surface area contributed by atoms with Crippen LogP contribution >= 0.6 is 0 Å². The third-order valence-corrected chi connectivity index (χ3v) is 8.71. The van der Waals surface area contributed by atoms with Gasteiger partial charge in [0.15, 0.2) is 0 Å². The Morgan fingerprint density at radius 3 is 2.62 bits per heavy atom. The number of rotatable bonds is 5. The lowest BCUT2D eigenvalue weighted by molar-refractivity contribution is -0.123. The maximum absolute atomic E-state index is 12.8. The molecule has 4 rings (SSSR count). The minimum Gasteiger partial charge on any atom is -0.352 e. The molecule has 0 unspecified atom stereocenters. The van der Waals surface area contributed by atoms with Crippen LogP contribution in [0, 0.1) is 11.8 Å². The number of carbonyl (C=O) groups is 1. The molecule has 7 heteroatoms. The Kier molecular flexibility index (Phi) is 5.71. The monoisotopic (exact) mass is 417 g/mol. The van der Waals surface area contributed by atoms with Gasteiger partial charge in [-0.1, -0.05) is 26.7 Å². The largest absolute Gasteiger partial charge is 0.352 e. The third-order valence-electron chi connectivity index (χ3n) is 6.81. The lowest BCUT2D eigenvalue weighted by Gasteiger charge is -2.34. The fourth-order valence-corrected chi connectivity index (χ4v) is 6.30. The number of amides is 1. The number of nitrogens with zero attached hydrogens (tertiary/aromatic N) is 2. The van der Waals surface area contributed by atoms with Crippen molar-refractivity contribution in [1.29, 1.82) is 0 Å². The molecule has 1 aromatic heterocycles. The highest BCUT2D eigenvalue weighted by Gasteiger charge is 2.29. The van der Waals surface area contributed by atoms with E-state index in [1.165, 1.54) is 6.42 Å². The number of hydrogen-bond acceptors (Lipinski definition) is 3. The number of hydrogen-bond donors (Lipinski definition) is 1. The number of benzene rings is 1. The molecule has 1 aliphatic heterocycles. The molecule has 2 fully saturated rings. The first-order valence-electron chi connectivity index (χ1n) is 10.7. The average molecular weight is 418 g/mol. The molecule has 2 aliphatic rings. The summed E-state index contributed by atoms with van der Waals surface area (Å²) in [6.07, 6.45) is 7.15. The van der Waals surface area contributed by atoms with E-state index in [0.29, 0.717) is 29.8 Å². The molecule has 1 aromatic carbocycles. The Bertz CT molecular complexity index is 992. The van der Waals surface area contributed by atoms with Gasteiger partial charge < -0.3 is 9.88 Å². The van der Waals surface area contributed by atoms with E-state index < -0.39 is 10.0 Å². The Balaban J connectivity index is 1.48. The van der Waals surface area contributed by atoms with Gasteiger partial charge in [-0.05, 0) is 55.4 Å². The molecular weight excluding hydrogens is 386 g/mol. The molecule has 6 nitrogen and oxygen atoms in total. The van der Waals surface area contributed by atoms with Gasteiger partial charge in [-0.2, -0.15) is 4.31 Å². The molecule has 0 radical (unpaired) electrons. The van der Waals surface area contributed by atoms with E-state index in [0.717, 1.165) is 36.6 Å². The standard InChI is InChI=1S/C22H31N3O3S/c1-16-6-5-7-20(17(16)2)23-22(26)15-24-13-10-18-14-19(8-9-21(18)24)29(27,28)25-11-3-4-12-25/h8-10,13-14,16-17,20H,3-7,11-12,15H2,1-2H3,(H,23,26)/t16-,17-,20-/m1/s1. The lowest BCUT2D eigenvalue weighted by atomic mass is 9.78. The van der Waals surface area contributed by atoms with E-state index in [2.05, 4.69) is 19.2 Å². The van der Waals surface area contributed by atoms with Gasteiger partial charge in [0.2, 0.25) is 15.9 Å². The number of aromatic nitrogens is 1. The van der Waals surface area contributed by atoms with Crippen molar-refractivity contribution in [2.45, 2.75) is 63.4 Å². The van der Waals surface area contributed by atoms with E-state index in [1.807, 2.05) is 22.9 Å². The van der Waals surface area contributed by atoms with Crippen molar-refractivity contribution in [3.8, 4) is 0 Å². The zero-order valence-electron chi connectivity index (χ0n) is 17.3. The molecule has 1 aliphatic carbocycles. The summed E-state index contributed by atoms with van der Waals surface area (Å²) < 4.78 is 29.0. The molecule has 2 heterocycles. The molecule has 1 saturated carbocycles. The van der Waals surface area contributed by atoms with Gasteiger partial charge in [0.05, 0.1) is 4.90 Å². The summed E-state index contributed by atoms with van der Waals surface area (Å²) in [6, 6.07) is 7.33. The van der Waals surface area contributed by atoms with Gasteiger partial charge in [0.25, 0.3) is 0 Å². The van der Waals surface area contributed by atoms with Crippen LogP contribution in [0.2, 0.25) is 0 Å². The minimum atomic E-state index is -3.43. The normalized spacial score (nSPS) is 26.1. The average Bonchev–Trinajstić information content (AvgIpc) is 3.36.